The summed E-state index contributed by atoms with van der Waals surface area (Å²) in [6.07, 6.45) is 8.73. The van der Waals surface area contributed by atoms with Crippen LogP contribution in [0.15, 0.2) is 0 Å². The zero-order chi connectivity index (χ0) is 13.5. The van der Waals surface area contributed by atoms with Crippen LogP contribution in [-0.2, 0) is 4.79 Å². The van der Waals surface area contributed by atoms with Crippen LogP contribution in [0, 0.1) is 11.8 Å². The Morgan fingerprint density at radius 2 is 1.94 bits per heavy atom. The van der Waals surface area contributed by atoms with E-state index in [0.717, 1.165) is 24.1 Å². The highest BCUT2D eigenvalue weighted by Crippen LogP contribution is 2.33. The van der Waals surface area contributed by atoms with Gasteiger partial charge in [-0.15, -0.1) is 0 Å². The predicted molar refractivity (Wildman–Crippen MR) is 81.0 cm³/mol. The Labute approximate surface area is 121 Å². The normalized spacial score (nSPS) is 25.8. The first-order valence-corrected chi connectivity index (χ1v) is 8.54. The second-order valence-corrected chi connectivity index (χ2v) is 6.46. The Bertz CT molecular complexity index is 249. The summed E-state index contributed by atoms with van der Waals surface area (Å²) >= 11 is 3.45. The first-order valence-electron chi connectivity index (χ1n) is 7.42. The molecule has 0 N–H and O–H groups in total. The summed E-state index contributed by atoms with van der Waals surface area (Å²) in [7, 11) is 1.94. The molecular formula is C15H28BrNO. The van der Waals surface area contributed by atoms with Crippen molar-refractivity contribution in [1.29, 1.82) is 0 Å². The average molecular weight is 318 g/mol. The van der Waals surface area contributed by atoms with Crippen molar-refractivity contribution in [2.75, 3.05) is 12.4 Å². The molecule has 0 saturated heterocycles. The van der Waals surface area contributed by atoms with Gasteiger partial charge in [-0.05, 0) is 38.5 Å². The first kappa shape index (κ1) is 16.0. The highest BCUT2D eigenvalue weighted by Gasteiger charge is 2.29. The maximum Gasteiger partial charge on any atom is 0.225 e. The van der Waals surface area contributed by atoms with E-state index in [1.54, 1.807) is 0 Å². The van der Waals surface area contributed by atoms with Crippen LogP contribution in [0.2, 0.25) is 0 Å². The molecular weight excluding hydrogens is 290 g/mol. The SMILES string of the molecule is CCCCC1CCC(C(=O)N(C)C(C)CBr)CC1. The van der Waals surface area contributed by atoms with E-state index in [-0.39, 0.29) is 5.92 Å². The molecule has 1 saturated carbocycles. The van der Waals surface area contributed by atoms with E-state index in [1.165, 1.54) is 32.1 Å². The van der Waals surface area contributed by atoms with E-state index in [9.17, 15) is 4.79 Å². The number of alkyl halides is 1. The molecule has 0 bridgehead atoms. The van der Waals surface area contributed by atoms with Crippen LogP contribution in [0.1, 0.15) is 58.8 Å². The van der Waals surface area contributed by atoms with Gasteiger partial charge in [0.05, 0.1) is 0 Å². The number of amides is 1. The van der Waals surface area contributed by atoms with Crippen molar-refractivity contribution in [3.63, 3.8) is 0 Å². The monoisotopic (exact) mass is 317 g/mol. The molecule has 18 heavy (non-hydrogen) atoms. The Hall–Kier alpha value is -0.0500. The molecule has 0 aromatic carbocycles. The van der Waals surface area contributed by atoms with Crippen LogP contribution in [0.4, 0.5) is 0 Å². The zero-order valence-electron chi connectivity index (χ0n) is 12.1. The minimum absolute atomic E-state index is 0.286. The third-order valence-corrected chi connectivity index (χ3v) is 5.33. The third-order valence-electron chi connectivity index (χ3n) is 4.39. The Morgan fingerprint density at radius 1 is 1.33 bits per heavy atom. The summed E-state index contributed by atoms with van der Waals surface area (Å²) in [4.78, 5) is 14.2. The molecule has 0 radical (unpaired) electrons. The number of unbranched alkanes of at least 4 members (excludes halogenated alkanes) is 1. The van der Waals surface area contributed by atoms with E-state index in [4.69, 9.17) is 0 Å². The number of rotatable bonds is 6. The number of carbonyl (C=O) groups is 1. The lowest BCUT2D eigenvalue weighted by Crippen LogP contribution is -2.41. The molecule has 106 valence electrons. The van der Waals surface area contributed by atoms with Crippen molar-refractivity contribution < 1.29 is 4.79 Å². The molecule has 0 aliphatic heterocycles. The van der Waals surface area contributed by atoms with Gasteiger partial charge in [-0.1, -0.05) is 42.1 Å². The van der Waals surface area contributed by atoms with Crippen LogP contribution in [0.3, 0.4) is 0 Å². The molecule has 0 aromatic rings. The molecule has 1 aliphatic carbocycles. The van der Waals surface area contributed by atoms with E-state index < -0.39 is 0 Å². The fourth-order valence-electron chi connectivity index (χ4n) is 2.80. The van der Waals surface area contributed by atoms with E-state index in [0.29, 0.717) is 11.9 Å². The molecule has 1 fully saturated rings. The van der Waals surface area contributed by atoms with E-state index in [1.807, 2.05) is 11.9 Å². The van der Waals surface area contributed by atoms with Crippen molar-refractivity contribution in [2.45, 2.75) is 64.8 Å². The van der Waals surface area contributed by atoms with Crippen LogP contribution >= 0.6 is 15.9 Å². The molecule has 1 unspecified atom stereocenters. The van der Waals surface area contributed by atoms with Crippen LogP contribution in [0.5, 0.6) is 0 Å². The van der Waals surface area contributed by atoms with Crippen LogP contribution < -0.4 is 0 Å². The summed E-state index contributed by atoms with van der Waals surface area (Å²) in [6, 6.07) is 0.301. The topological polar surface area (TPSA) is 20.3 Å². The highest BCUT2D eigenvalue weighted by molar-refractivity contribution is 9.09. The number of halogens is 1. The molecule has 1 rings (SSSR count). The number of hydrogen-bond acceptors (Lipinski definition) is 1. The zero-order valence-corrected chi connectivity index (χ0v) is 13.7. The van der Waals surface area contributed by atoms with Crippen molar-refractivity contribution in [1.82, 2.24) is 4.90 Å². The largest absolute Gasteiger partial charge is 0.342 e. The lowest BCUT2D eigenvalue weighted by atomic mass is 9.79. The lowest BCUT2D eigenvalue weighted by Gasteiger charge is -2.32. The summed E-state index contributed by atoms with van der Waals surface area (Å²) < 4.78 is 0. The molecule has 1 amide bonds. The number of nitrogens with zero attached hydrogens (tertiary/aromatic N) is 1. The quantitative estimate of drug-likeness (QED) is 0.671. The van der Waals surface area contributed by atoms with Gasteiger partial charge < -0.3 is 4.90 Å². The van der Waals surface area contributed by atoms with Crippen molar-refractivity contribution in [2.24, 2.45) is 11.8 Å². The molecule has 1 aliphatic rings. The van der Waals surface area contributed by atoms with Gasteiger partial charge in [0.2, 0.25) is 5.91 Å². The Morgan fingerprint density at radius 3 is 2.44 bits per heavy atom. The number of carbonyl (C=O) groups excluding carboxylic acids is 1. The summed E-state index contributed by atoms with van der Waals surface area (Å²) in [6.45, 7) is 4.35. The fraction of sp³-hybridized carbons (Fsp3) is 0.933. The van der Waals surface area contributed by atoms with E-state index in [2.05, 4.69) is 29.8 Å². The minimum Gasteiger partial charge on any atom is -0.342 e. The van der Waals surface area contributed by atoms with Gasteiger partial charge in [-0.25, -0.2) is 0 Å². The summed E-state index contributed by atoms with van der Waals surface area (Å²) in [5, 5.41) is 0.862. The third kappa shape index (κ3) is 4.56. The van der Waals surface area contributed by atoms with Crippen molar-refractivity contribution in [3.05, 3.63) is 0 Å². The van der Waals surface area contributed by atoms with Crippen LogP contribution in [0.25, 0.3) is 0 Å². The maximum absolute atomic E-state index is 12.3. The van der Waals surface area contributed by atoms with Gasteiger partial charge in [-0.3, -0.25) is 4.79 Å². The Kier molecular flexibility index (Phi) is 7.28. The van der Waals surface area contributed by atoms with Gasteiger partial charge in [0.1, 0.15) is 0 Å². The maximum atomic E-state index is 12.3. The van der Waals surface area contributed by atoms with Crippen LogP contribution in [-0.4, -0.2) is 29.2 Å². The molecule has 0 aromatic heterocycles. The Balaban J connectivity index is 2.35. The summed E-state index contributed by atoms with van der Waals surface area (Å²) in [5.41, 5.74) is 0. The first-order chi connectivity index (χ1) is 8.60. The molecule has 0 heterocycles. The van der Waals surface area contributed by atoms with Crippen molar-refractivity contribution in [3.8, 4) is 0 Å². The van der Waals surface area contributed by atoms with Gasteiger partial charge in [-0.2, -0.15) is 0 Å². The second kappa shape index (κ2) is 8.19. The van der Waals surface area contributed by atoms with Gasteiger partial charge in [0.15, 0.2) is 0 Å². The van der Waals surface area contributed by atoms with Gasteiger partial charge >= 0.3 is 0 Å². The molecule has 3 heteroatoms. The molecule has 2 nitrogen and oxygen atoms in total. The van der Waals surface area contributed by atoms with E-state index >= 15 is 0 Å². The van der Waals surface area contributed by atoms with Gasteiger partial charge in [0.25, 0.3) is 0 Å². The highest BCUT2D eigenvalue weighted by atomic mass is 79.9. The number of hydrogen-bond donors (Lipinski definition) is 0. The lowest BCUT2D eigenvalue weighted by molar-refractivity contribution is -0.136. The average Bonchev–Trinajstić information content (AvgIpc) is 2.43. The fourth-order valence-corrected chi connectivity index (χ4v) is 3.23. The minimum atomic E-state index is 0.286. The second-order valence-electron chi connectivity index (χ2n) is 5.81. The molecule has 1 atom stereocenters. The summed E-state index contributed by atoms with van der Waals surface area (Å²) in [5.74, 6) is 1.53. The van der Waals surface area contributed by atoms with Crippen molar-refractivity contribution >= 4 is 21.8 Å². The molecule has 0 spiro atoms. The van der Waals surface area contributed by atoms with Gasteiger partial charge in [0, 0.05) is 24.3 Å². The smallest absolute Gasteiger partial charge is 0.225 e. The standard InChI is InChI=1S/C15H28BrNO/c1-4-5-6-13-7-9-14(10-8-13)15(18)17(3)12(2)11-16/h12-14H,4-11H2,1-3H3. The predicted octanol–water partition coefficient (Wildman–Crippen LogP) is 4.22.